The van der Waals surface area contributed by atoms with E-state index in [0.717, 1.165) is 51.6 Å². The monoisotopic (exact) mass is 442 g/mol. The maximum absolute atomic E-state index is 5.33. The zero-order valence-corrected chi connectivity index (χ0v) is 18.0. The lowest BCUT2D eigenvalue weighted by Crippen LogP contribution is -2.39. The van der Waals surface area contributed by atoms with Crippen LogP contribution in [0.25, 0.3) is 0 Å². The van der Waals surface area contributed by atoms with Crippen molar-refractivity contribution in [3.63, 3.8) is 0 Å². The van der Waals surface area contributed by atoms with E-state index in [0.29, 0.717) is 0 Å². The maximum Gasteiger partial charge on any atom is 0.191 e. The highest BCUT2D eigenvalue weighted by atomic mass is 127. The van der Waals surface area contributed by atoms with Gasteiger partial charge in [0.2, 0.25) is 0 Å². The van der Waals surface area contributed by atoms with Gasteiger partial charge in [-0.2, -0.15) is 0 Å². The van der Waals surface area contributed by atoms with Gasteiger partial charge in [-0.05, 0) is 59.2 Å². The average Bonchev–Trinajstić information content (AvgIpc) is 2.51. The van der Waals surface area contributed by atoms with Crippen LogP contribution < -0.4 is 10.6 Å². The third-order valence-electron chi connectivity index (χ3n) is 3.29. The second-order valence-corrected chi connectivity index (χ2v) is 5.43. The maximum atomic E-state index is 5.33. The predicted octanol–water partition coefficient (Wildman–Crippen LogP) is 3.10. The number of rotatable bonds is 14. The molecule has 0 bridgehead atoms. The van der Waals surface area contributed by atoms with E-state index in [1.165, 1.54) is 32.5 Å². The molecule has 6 heteroatoms. The Morgan fingerprint density at radius 3 is 2.22 bits per heavy atom. The molecule has 0 spiro atoms. The number of halogens is 1. The van der Waals surface area contributed by atoms with Crippen LogP contribution in [0.3, 0.4) is 0 Å². The Labute approximate surface area is 161 Å². The molecule has 0 fully saturated rings. The molecule has 0 aliphatic heterocycles. The molecule has 0 saturated heterocycles. The zero-order valence-electron chi connectivity index (χ0n) is 15.7. The van der Waals surface area contributed by atoms with Crippen molar-refractivity contribution in [2.75, 3.05) is 52.5 Å². The molecule has 140 valence electrons. The lowest BCUT2D eigenvalue weighted by Gasteiger charge is -2.21. The molecule has 0 rings (SSSR count). The number of nitrogens with zero attached hydrogens (tertiary/aromatic N) is 2. The lowest BCUT2D eigenvalue weighted by molar-refractivity contribution is 0.146. The molecule has 0 atom stereocenters. The van der Waals surface area contributed by atoms with Gasteiger partial charge < -0.3 is 20.3 Å². The Hall–Kier alpha value is -0.0800. The Kier molecular flexibility index (Phi) is 21.8. The van der Waals surface area contributed by atoms with Crippen LogP contribution in [0.4, 0.5) is 0 Å². The molecule has 5 nitrogen and oxygen atoms in total. The van der Waals surface area contributed by atoms with Crippen molar-refractivity contribution in [2.24, 2.45) is 4.99 Å². The molecule has 0 heterocycles. The first-order chi connectivity index (χ1) is 10.8. The summed E-state index contributed by atoms with van der Waals surface area (Å²) in [6.45, 7) is 16.5. The highest BCUT2D eigenvalue weighted by Gasteiger charge is 2.02. The van der Waals surface area contributed by atoms with E-state index in [9.17, 15) is 0 Å². The van der Waals surface area contributed by atoms with Crippen molar-refractivity contribution >= 4 is 29.9 Å². The lowest BCUT2D eigenvalue weighted by atomic mass is 10.3. The minimum Gasteiger partial charge on any atom is -0.382 e. The number of ether oxygens (including phenoxy) is 1. The zero-order chi connectivity index (χ0) is 16.5. The average molecular weight is 442 g/mol. The summed E-state index contributed by atoms with van der Waals surface area (Å²) < 4.78 is 5.33. The fourth-order valence-electron chi connectivity index (χ4n) is 2.32. The summed E-state index contributed by atoms with van der Waals surface area (Å²) in [5, 5.41) is 6.72. The summed E-state index contributed by atoms with van der Waals surface area (Å²) in [6, 6.07) is 0. The van der Waals surface area contributed by atoms with Gasteiger partial charge >= 0.3 is 0 Å². The largest absolute Gasteiger partial charge is 0.382 e. The molecule has 23 heavy (non-hydrogen) atoms. The minimum atomic E-state index is 0. The van der Waals surface area contributed by atoms with Crippen molar-refractivity contribution in [1.82, 2.24) is 15.5 Å². The molecule has 0 aromatic heterocycles. The highest BCUT2D eigenvalue weighted by molar-refractivity contribution is 14.0. The second kappa shape index (κ2) is 20.0. The summed E-state index contributed by atoms with van der Waals surface area (Å²) in [4.78, 5) is 7.12. The van der Waals surface area contributed by atoms with Gasteiger partial charge in [0.1, 0.15) is 0 Å². The first-order valence-electron chi connectivity index (χ1n) is 9.10. The predicted molar refractivity (Wildman–Crippen MR) is 112 cm³/mol. The normalized spacial score (nSPS) is 11.4. The van der Waals surface area contributed by atoms with Crippen LogP contribution in [-0.4, -0.2) is 63.3 Å². The van der Waals surface area contributed by atoms with E-state index < -0.39 is 0 Å². The standard InChI is InChI=1S/C17H38N4O.HI/c1-5-13-21(14-6-2)15-9-11-19-17(18-7-3)20-12-10-16-22-8-4;/h5-16H2,1-4H3,(H2,18,19,20);1H. The third kappa shape index (κ3) is 16.6. The fourth-order valence-corrected chi connectivity index (χ4v) is 2.32. The first-order valence-corrected chi connectivity index (χ1v) is 9.10. The molecule has 0 radical (unpaired) electrons. The van der Waals surface area contributed by atoms with Gasteiger partial charge in [-0.1, -0.05) is 13.8 Å². The summed E-state index contributed by atoms with van der Waals surface area (Å²) in [5.41, 5.74) is 0. The molecular weight excluding hydrogens is 403 g/mol. The van der Waals surface area contributed by atoms with Gasteiger partial charge in [-0.3, -0.25) is 4.99 Å². The first kappa shape index (κ1) is 25.2. The Bertz CT molecular complexity index is 259. The molecular formula is C17H39IN4O. The number of guanidine groups is 1. The van der Waals surface area contributed by atoms with Crippen LogP contribution in [0.5, 0.6) is 0 Å². The quantitative estimate of drug-likeness (QED) is 0.188. The van der Waals surface area contributed by atoms with Crippen LogP contribution in [0, 0.1) is 0 Å². The molecule has 0 amide bonds. The molecule has 0 unspecified atom stereocenters. The van der Waals surface area contributed by atoms with E-state index in [1.807, 2.05) is 6.92 Å². The van der Waals surface area contributed by atoms with Crippen molar-refractivity contribution in [3.8, 4) is 0 Å². The molecule has 0 saturated carbocycles. The Morgan fingerprint density at radius 1 is 0.957 bits per heavy atom. The van der Waals surface area contributed by atoms with E-state index in [2.05, 4.69) is 41.3 Å². The Balaban J connectivity index is 0. The molecule has 0 aliphatic rings. The molecule has 0 aromatic carbocycles. The number of aliphatic imine (C=N–C) groups is 1. The van der Waals surface area contributed by atoms with Gasteiger partial charge in [0.15, 0.2) is 5.96 Å². The molecule has 2 N–H and O–H groups in total. The van der Waals surface area contributed by atoms with Crippen molar-refractivity contribution in [1.29, 1.82) is 0 Å². The number of nitrogens with one attached hydrogen (secondary N) is 2. The van der Waals surface area contributed by atoms with E-state index >= 15 is 0 Å². The minimum absolute atomic E-state index is 0. The van der Waals surface area contributed by atoms with Gasteiger partial charge in [-0.25, -0.2) is 0 Å². The van der Waals surface area contributed by atoms with Crippen LogP contribution in [0.1, 0.15) is 53.4 Å². The van der Waals surface area contributed by atoms with Gasteiger partial charge in [0, 0.05) is 32.8 Å². The molecule has 0 aliphatic carbocycles. The summed E-state index contributed by atoms with van der Waals surface area (Å²) in [5.74, 6) is 0.927. The second-order valence-electron chi connectivity index (χ2n) is 5.43. The summed E-state index contributed by atoms with van der Waals surface area (Å²) in [6.07, 6.45) is 4.60. The van der Waals surface area contributed by atoms with E-state index in [4.69, 9.17) is 4.74 Å². The van der Waals surface area contributed by atoms with Crippen molar-refractivity contribution < 1.29 is 4.74 Å². The van der Waals surface area contributed by atoms with Crippen LogP contribution >= 0.6 is 24.0 Å². The van der Waals surface area contributed by atoms with Gasteiger partial charge in [-0.15, -0.1) is 24.0 Å². The highest BCUT2D eigenvalue weighted by Crippen LogP contribution is 1.95. The smallest absolute Gasteiger partial charge is 0.191 e. The number of hydrogen-bond donors (Lipinski definition) is 2. The molecule has 0 aromatic rings. The van der Waals surface area contributed by atoms with Crippen LogP contribution in [-0.2, 0) is 4.74 Å². The van der Waals surface area contributed by atoms with Crippen LogP contribution in [0.2, 0.25) is 0 Å². The van der Waals surface area contributed by atoms with Gasteiger partial charge in [0.25, 0.3) is 0 Å². The number of hydrogen-bond acceptors (Lipinski definition) is 3. The van der Waals surface area contributed by atoms with Crippen molar-refractivity contribution in [2.45, 2.75) is 53.4 Å². The Morgan fingerprint density at radius 2 is 1.65 bits per heavy atom. The van der Waals surface area contributed by atoms with E-state index in [-0.39, 0.29) is 24.0 Å². The van der Waals surface area contributed by atoms with E-state index in [1.54, 1.807) is 0 Å². The van der Waals surface area contributed by atoms with Crippen molar-refractivity contribution in [3.05, 3.63) is 0 Å². The fraction of sp³-hybridized carbons (Fsp3) is 0.941. The third-order valence-corrected chi connectivity index (χ3v) is 3.29. The topological polar surface area (TPSA) is 48.9 Å². The van der Waals surface area contributed by atoms with Crippen LogP contribution in [0.15, 0.2) is 4.99 Å². The van der Waals surface area contributed by atoms with Gasteiger partial charge in [0.05, 0.1) is 0 Å². The summed E-state index contributed by atoms with van der Waals surface area (Å²) in [7, 11) is 0. The summed E-state index contributed by atoms with van der Waals surface area (Å²) >= 11 is 0. The SMILES string of the molecule is CCCN(CCC)CCCNC(=NCCCOCC)NCC.I.